The van der Waals surface area contributed by atoms with Crippen molar-refractivity contribution < 1.29 is 4.79 Å². The maximum atomic E-state index is 11.9. The molecule has 1 saturated carbocycles. The average Bonchev–Trinajstić information content (AvgIpc) is 2.88. The standard InChI is InChI=1S/C14H23N3O/c1-10-13(11(2)17(3)16-10)8-9-14(18)15-12-6-4-5-7-12/h12H,4-9H2,1-3H3,(H,15,18). The Morgan fingerprint density at radius 2 is 2.06 bits per heavy atom. The van der Waals surface area contributed by atoms with E-state index in [-0.39, 0.29) is 5.91 Å². The fraction of sp³-hybridized carbons (Fsp3) is 0.714. The molecule has 1 aliphatic carbocycles. The first-order valence-corrected chi connectivity index (χ1v) is 6.86. The first-order chi connectivity index (χ1) is 8.58. The van der Waals surface area contributed by atoms with Crippen LogP contribution in [0.1, 0.15) is 49.1 Å². The van der Waals surface area contributed by atoms with Gasteiger partial charge in [-0.25, -0.2) is 0 Å². The molecule has 18 heavy (non-hydrogen) atoms. The number of nitrogens with zero attached hydrogens (tertiary/aromatic N) is 2. The Labute approximate surface area is 109 Å². The second kappa shape index (κ2) is 5.55. The van der Waals surface area contributed by atoms with Crippen LogP contribution in [0, 0.1) is 13.8 Å². The maximum absolute atomic E-state index is 11.9. The van der Waals surface area contributed by atoms with Crippen LogP contribution in [0.25, 0.3) is 0 Å². The SMILES string of the molecule is Cc1nn(C)c(C)c1CCC(=O)NC1CCCC1. The molecule has 4 heteroatoms. The van der Waals surface area contributed by atoms with Crippen LogP contribution in [0.2, 0.25) is 0 Å². The maximum Gasteiger partial charge on any atom is 0.220 e. The van der Waals surface area contributed by atoms with Crippen LogP contribution < -0.4 is 5.32 Å². The van der Waals surface area contributed by atoms with Crippen LogP contribution in [0.15, 0.2) is 0 Å². The molecule has 0 spiro atoms. The van der Waals surface area contributed by atoms with Crippen molar-refractivity contribution in [1.82, 2.24) is 15.1 Å². The molecule has 1 aliphatic rings. The minimum Gasteiger partial charge on any atom is -0.353 e. The number of nitrogens with one attached hydrogen (secondary N) is 1. The molecule has 1 fully saturated rings. The topological polar surface area (TPSA) is 46.9 Å². The Kier molecular flexibility index (Phi) is 4.04. The van der Waals surface area contributed by atoms with Gasteiger partial charge in [0.15, 0.2) is 0 Å². The van der Waals surface area contributed by atoms with Gasteiger partial charge in [0.1, 0.15) is 0 Å². The summed E-state index contributed by atoms with van der Waals surface area (Å²) in [4.78, 5) is 11.9. The molecular weight excluding hydrogens is 226 g/mol. The highest BCUT2D eigenvalue weighted by atomic mass is 16.1. The predicted molar refractivity (Wildman–Crippen MR) is 71.4 cm³/mol. The number of aromatic nitrogens is 2. The third-order valence-corrected chi connectivity index (χ3v) is 3.98. The Morgan fingerprint density at radius 3 is 2.61 bits per heavy atom. The molecule has 0 aliphatic heterocycles. The molecule has 100 valence electrons. The zero-order chi connectivity index (χ0) is 13.1. The zero-order valence-corrected chi connectivity index (χ0v) is 11.6. The van der Waals surface area contributed by atoms with Gasteiger partial charge in [0, 0.05) is 25.2 Å². The van der Waals surface area contributed by atoms with Crippen molar-refractivity contribution in [2.75, 3.05) is 0 Å². The first-order valence-electron chi connectivity index (χ1n) is 6.86. The molecule has 0 unspecified atom stereocenters. The second-order valence-corrected chi connectivity index (χ2v) is 5.32. The minimum atomic E-state index is 0.185. The molecule has 0 saturated heterocycles. The van der Waals surface area contributed by atoms with Crippen LogP contribution >= 0.6 is 0 Å². The van der Waals surface area contributed by atoms with Crippen LogP contribution in [-0.2, 0) is 18.3 Å². The summed E-state index contributed by atoms with van der Waals surface area (Å²) >= 11 is 0. The summed E-state index contributed by atoms with van der Waals surface area (Å²) in [5.41, 5.74) is 3.43. The summed E-state index contributed by atoms with van der Waals surface area (Å²) in [5.74, 6) is 0.185. The van der Waals surface area contributed by atoms with E-state index in [1.54, 1.807) is 0 Å². The van der Waals surface area contributed by atoms with E-state index in [9.17, 15) is 4.79 Å². The van der Waals surface area contributed by atoms with E-state index in [0.717, 1.165) is 25.0 Å². The van der Waals surface area contributed by atoms with Crippen LogP contribution in [0.3, 0.4) is 0 Å². The molecule has 1 aromatic rings. The van der Waals surface area contributed by atoms with Crippen LogP contribution in [0.4, 0.5) is 0 Å². The predicted octanol–water partition coefficient (Wildman–Crippen LogP) is 2.03. The lowest BCUT2D eigenvalue weighted by Gasteiger charge is -2.11. The van der Waals surface area contributed by atoms with Gasteiger partial charge in [0.25, 0.3) is 0 Å². The summed E-state index contributed by atoms with van der Waals surface area (Å²) in [5, 5.41) is 7.51. The molecule has 1 N–H and O–H groups in total. The fourth-order valence-electron chi connectivity index (χ4n) is 2.79. The van der Waals surface area contributed by atoms with Gasteiger partial charge < -0.3 is 5.32 Å². The largest absolute Gasteiger partial charge is 0.353 e. The molecule has 1 aromatic heterocycles. The van der Waals surface area contributed by atoms with Gasteiger partial charge in [0.2, 0.25) is 5.91 Å². The molecule has 0 radical (unpaired) electrons. The number of rotatable bonds is 4. The highest BCUT2D eigenvalue weighted by Gasteiger charge is 2.17. The molecule has 1 amide bonds. The molecule has 0 atom stereocenters. The Hall–Kier alpha value is -1.32. The minimum absolute atomic E-state index is 0.185. The Morgan fingerprint density at radius 1 is 1.39 bits per heavy atom. The van der Waals surface area contributed by atoms with Crippen molar-refractivity contribution in [2.24, 2.45) is 7.05 Å². The van der Waals surface area contributed by atoms with Crippen molar-refractivity contribution >= 4 is 5.91 Å². The monoisotopic (exact) mass is 249 g/mol. The summed E-state index contributed by atoms with van der Waals surface area (Å²) in [7, 11) is 1.95. The molecule has 1 heterocycles. The van der Waals surface area contributed by atoms with Gasteiger partial charge in [0.05, 0.1) is 5.69 Å². The molecule has 2 rings (SSSR count). The van der Waals surface area contributed by atoms with Crippen molar-refractivity contribution in [2.45, 2.75) is 58.4 Å². The highest BCUT2D eigenvalue weighted by molar-refractivity contribution is 5.76. The first kappa shape index (κ1) is 13.1. The number of hydrogen-bond acceptors (Lipinski definition) is 2. The number of hydrogen-bond donors (Lipinski definition) is 1. The second-order valence-electron chi connectivity index (χ2n) is 5.32. The summed E-state index contributed by atoms with van der Waals surface area (Å²) < 4.78 is 1.89. The van der Waals surface area contributed by atoms with E-state index >= 15 is 0 Å². The van der Waals surface area contributed by atoms with Gasteiger partial charge in [-0.05, 0) is 38.7 Å². The Bertz CT molecular complexity index is 430. The van der Waals surface area contributed by atoms with Gasteiger partial charge >= 0.3 is 0 Å². The average molecular weight is 249 g/mol. The normalized spacial score (nSPS) is 16.2. The van der Waals surface area contributed by atoms with E-state index < -0.39 is 0 Å². The van der Waals surface area contributed by atoms with Crippen molar-refractivity contribution in [3.05, 3.63) is 17.0 Å². The number of carbonyl (C=O) groups is 1. The number of amides is 1. The number of carbonyl (C=O) groups excluding carboxylic acids is 1. The third kappa shape index (κ3) is 2.92. The van der Waals surface area contributed by atoms with E-state index in [1.165, 1.54) is 24.1 Å². The molecule has 0 aromatic carbocycles. The third-order valence-electron chi connectivity index (χ3n) is 3.98. The van der Waals surface area contributed by atoms with Crippen molar-refractivity contribution in [1.29, 1.82) is 0 Å². The molecule has 4 nitrogen and oxygen atoms in total. The lowest BCUT2D eigenvalue weighted by atomic mass is 10.1. The summed E-state index contributed by atoms with van der Waals surface area (Å²) in [6.45, 7) is 4.07. The summed E-state index contributed by atoms with van der Waals surface area (Å²) in [6.07, 6.45) is 6.18. The van der Waals surface area contributed by atoms with Crippen molar-refractivity contribution in [3.8, 4) is 0 Å². The Balaban J connectivity index is 1.85. The molecule has 0 bridgehead atoms. The van der Waals surface area contributed by atoms with E-state index in [1.807, 2.05) is 18.7 Å². The molecular formula is C14H23N3O. The van der Waals surface area contributed by atoms with Gasteiger partial charge in [-0.2, -0.15) is 5.10 Å². The van der Waals surface area contributed by atoms with Gasteiger partial charge in [-0.1, -0.05) is 12.8 Å². The van der Waals surface area contributed by atoms with Crippen LogP contribution in [-0.4, -0.2) is 21.7 Å². The lowest BCUT2D eigenvalue weighted by molar-refractivity contribution is -0.121. The quantitative estimate of drug-likeness (QED) is 0.887. The van der Waals surface area contributed by atoms with E-state index in [4.69, 9.17) is 0 Å². The highest BCUT2D eigenvalue weighted by Crippen LogP contribution is 2.18. The van der Waals surface area contributed by atoms with E-state index in [2.05, 4.69) is 17.3 Å². The van der Waals surface area contributed by atoms with E-state index in [0.29, 0.717) is 12.5 Å². The number of aryl methyl sites for hydroxylation is 2. The van der Waals surface area contributed by atoms with Gasteiger partial charge in [-0.3, -0.25) is 9.48 Å². The summed E-state index contributed by atoms with van der Waals surface area (Å²) in [6, 6.07) is 0.425. The van der Waals surface area contributed by atoms with Gasteiger partial charge in [-0.15, -0.1) is 0 Å². The smallest absolute Gasteiger partial charge is 0.220 e. The fourth-order valence-corrected chi connectivity index (χ4v) is 2.79. The lowest BCUT2D eigenvalue weighted by Crippen LogP contribution is -2.32. The zero-order valence-electron chi connectivity index (χ0n) is 11.6. The van der Waals surface area contributed by atoms with Crippen molar-refractivity contribution in [3.63, 3.8) is 0 Å². The van der Waals surface area contributed by atoms with Crippen LogP contribution in [0.5, 0.6) is 0 Å².